The molecule has 0 fully saturated rings. The fourth-order valence-corrected chi connectivity index (χ4v) is 1.75. The maximum absolute atomic E-state index is 9.33. The van der Waals surface area contributed by atoms with Gasteiger partial charge in [0, 0.05) is 0 Å². The molecule has 0 radical (unpaired) electrons. The van der Waals surface area contributed by atoms with E-state index in [0.29, 0.717) is 6.61 Å². The second-order valence-corrected chi connectivity index (χ2v) is 6.54. The number of aliphatic hydroxyl groups is 1. The fourth-order valence-electron chi connectivity index (χ4n) is 0.464. The Hall–Kier alpha value is 0.560. The minimum atomic E-state index is -3.24. The van der Waals surface area contributed by atoms with E-state index in [1.165, 1.54) is 0 Å². The van der Waals surface area contributed by atoms with Crippen molar-refractivity contribution in [2.24, 2.45) is 5.41 Å². The Morgan fingerprint density at radius 3 is 2.23 bits per heavy atom. The lowest BCUT2D eigenvalue weighted by atomic mass is 9.99. The van der Waals surface area contributed by atoms with E-state index in [0.717, 1.165) is 0 Å². The second-order valence-electron chi connectivity index (χ2n) is 3.84. The summed E-state index contributed by atoms with van der Waals surface area (Å²) >= 11 is 5.53. The van der Waals surface area contributed by atoms with Crippen LogP contribution >= 0.6 is 18.5 Å². The number of hydrogen-bond donors (Lipinski definition) is 2. The highest BCUT2D eigenvalue weighted by Gasteiger charge is 2.40. The Kier molecular flexibility index (Phi) is 5.68. The van der Waals surface area contributed by atoms with E-state index in [1.54, 1.807) is 0 Å². The van der Waals surface area contributed by atoms with Gasteiger partial charge in [0.05, 0.1) is 6.61 Å². The molecule has 0 aromatic heterocycles. The van der Waals surface area contributed by atoms with Crippen molar-refractivity contribution >= 4 is 18.5 Å². The first-order chi connectivity index (χ1) is 5.77. The van der Waals surface area contributed by atoms with Gasteiger partial charge in [-0.2, -0.15) is 13.9 Å². The molecule has 0 bridgehead atoms. The molecule has 0 rings (SSSR count). The maximum atomic E-state index is 9.33. The summed E-state index contributed by atoms with van der Waals surface area (Å²) in [4.78, 5) is 9.33. The molecular formula is C7H17ClO4P+. The molecule has 0 spiro atoms. The molecule has 0 aliphatic rings. The molecule has 13 heavy (non-hydrogen) atoms. The van der Waals surface area contributed by atoms with Crippen molar-refractivity contribution in [3.8, 4) is 0 Å². The SMILES string of the molecule is CC(C)(C)CO[P+](O)(Cl)OCCO. The first kappa shape index (κ1) is 13.6. The average molecular weight is 232 g/mol. The van der Waals surface area contributed by atoms with Crippen molar-refractivity contribution in [2.75, 3.05) is 19.8 Å². The van der Waals surface area contributed by atoms with Gasteiger partial charge in [-0.1, -0.05) is 20.8 Å². The van der Waals surface area contributed by atoms with E-state index < -0.39 is 7.30 Å². The van der Waals surface area contributed by atoms with Crippen LogP contribution in [-0.2, 0) is 9.05 Å². The van der Waals surface area contributed by atoms with Crippen LogP contribution < -0.4 is 0 Å². The highest BCUT2D eigenvalue weighted by atomic mass is 35.7. The molecule has 6 heteroatoms. The van der Waals surface area contributed by atoms with Crippen LogP contribution in [0.3, 0.4) is 0 Å². The third-order valence-corrected chi connectivity index (χ3v) is 2.53. The summed E-state index contributed by atoms with van der Waals surface area (Å²) < 4.78 is 9.73. The van der Waals surface area contributed by atoms with E-state index in [-0.39, 0.29) is 18.6 Å². The lowest BCUT2D eigenvalue weighted by molar-refractivity contribution is 0.124. The third kappa shape index (κ3) is 8.88. The highest BCUT2D eigenvalue weighted by molar-refractivity contribution is 7.86. The summed E-state index contributed by atoms with van der Waals surface area (Å²) in [5.74, 6) is 0. The Labute approximate surface area is 84.2 Å². The molecule has 80 valence electrons. The van der Waals surface area contributed by atoms with Crippen LogP contribution in [0, 0.1) is 5.41 Å². The van der Waals surface area contributed by atoms with Gasteiger partial charge < -0.3 is 5.11 Å². The van der Waals surface area contributed by atoms with Crippen molar-refractivity contribution in [3.63, 3.8) is 0 Å². The van der Waals surface area contributed by atoms with Gasteiger partial charge in [-0.05, 0) is 5.41 Å². The Balaban J connectivity index is 3.75. The fraction of sp³-hybridized carbons (Fsp3) is 1.00. The molecule has 0 amide bonds. The first-order valence-electron chi connectivity index (χ1n) is 3.98. The molecule has 1 unspecified atom stereocenters. The van der Waals surface area contributed by atoms with E-state index >= 15 is 0 Å². The summed E-state index contributed by atoms with van der Waals surface area (Å²) in [5, 5.41) is 8.43. The first-order valence-corrected chi connectivity index (χ1v) is 6.46. The number of aliphatic hydroxyl groups excluding tert-OH is 1. The zero-order valence-corrected chi connectivity index (χ0v) is 9.81. The van der Waals surface area contributed by atoms with Crippen molar-refractivity contribution in [3.05, 3.63) is 0 Å². The monoisotopic (exact) mass is 231 g/mol. The molecule has 2 N–H and O–H groups in total. The zero-order chi connectivity index (χ0) is 10.5. The van der Waals surface area contributed by atoms with Crippen molar-refractivity contribution in [1.29, 1.82) is 0 Å². The van der Waals surface area contributed by atoms with Gasteiger partial charge in [-0.15, -0.1) is 0 Å². The van der Waals surface area contributed by atoms with Crippen LogP contribution in [0.25, 0.3) is 0 Å². The molecule has 0 heterocycles. The average Bonchev–Trinajstić information content (AvgIpc) is 1.97. The van der Waals surface area contributed by atoms with Crippen LogP contribution in [0.4, 0.5) is 0 Å². The van der Waals surface area contributed by atoms with Crippen LogP contribution in [0.5, 0.6) is 0 Å². The minimum absolute atomic E-state index is 0.0160. The highest BCUT2D eigenvalue weighted by Crippen LogP contribution is 2.62. The molecular weight excluding hydrogens is 214 g/mol. The lowest BCUT2D eigenvalue weighted by Gasteiger charge is -2.17. The number of halogens is 1. The van der Waals surface area contributed by atoms with E-state index in [9.17, 15) is 4.89 Å². The van der Waals surface area contributed by atoms with Gasteiger partial charge >= 0.3 is 7.30 Å². The molecule has 0 aliphatic heterocycles. The zero-order valence-electron chi connectivity index (χ0n) is 8.16. The quantitative estimate of drug-likeness (QED) is 0.711. The normalized spacial score (nSPS) is 17.1. The van der Waals surface area contributed by atoms with Crippen molar-refractivity contribution < 1.29 is 19.0 Å². The van der Waals surface area contributed by atoms with Crippen molar-refractivity contribution in [1.82, 2.24) is 0 Å². The Morgan fingerprint density at radius 1 is 1.31 bits per heavy atom. The van der Waals surface area contributed by atoms with Gasteiger partial charge in [-0.25, -0.2) is 0 Å². The van der Waals surface area contributed by atoms with E-state index in [4.69, 9.17) is 25.4 Å². The van der Waals surface area contributed by atoms with Gasteiger partial charge in [0.15, 0.2) is 11.2 Å². The molecule has 0 aromatic carbocycles. The summed E-state index contributed by atoms with van der Waals surface area (Å²) in [5.41, 5.74) is -0.0779. The molecule has 0 saturated carbocycles. The van der Waals surface area contributed by atoms with Gasteiger partial charge in [-0.3, -0.25) is 0 Å². The van der Waals surface area contributed by atoms with Crippen LogP contribution in [0.1, 0.15) is 20.8 Å². The molecule has 0 saturated heterocycles. The summed E-state index contributed by atoms with van der Waals surface area (Å²) in [6.45, 7) is 5.97. The second kappa shape index (κ2) is 5.44. The molecule has 1 atom stereocenters. The predicted molar refractivity (Wildman–Crippen MR) is 53.4 cm³/mol. The van der Waals surface area contributed by atoms with Gasteiger partial charge in [0.1, 0.15) is 13.2 Å². The molecule has 0 aliphatic carbocycles. The standard InChI is InChI=1S/C7H17ClO4P/c1-7(2,3)6-12-13(8,10)11-5-4-9/h9-10H,4-6H2,1-3H3/q+1. The third-order valence-electron chi connectivity index (χ3n) is 0.999. The van der Waals surface area contributed by atoms with E-state index in [1.807, 2.05) is 20.8 Å². The largest absolute Gasteiger partial charge is 0.521 e. The van der Waals surface area contributed by atoms with Gasteiger partial charge in [0.25, 0.3) is 0 Å². The van der Waals surface area contributed by atoms with Crippen molar-refractivity contribution in [2.45, 2.75) is 20.8 Å². The minimum Gasteiger partial charge on any atom is -0.394 e. The number of rotatable bonds is 5. The topological polar surface area (TPSA) is 58.9 Å². The summed E-state index contributed by atoms with van der Waals surface area (Å²) in [6, 6.07) is 0. The van der Waals surface area contributed by atoms with Crippen LogP contribution in [-0.4, -0.2) is 29.8 Å². The lowest BCUT2D eigenvalue weighted by Crippen LogP contribution is -2.15. The van der Waals surface area contributed by atoms with Gasteiger partial charge in [0.2, 0.25) is 0 Å². The van der Waals surface area contributed by atoms with Crippen LogP contribution in [0.2, 0.25) is 0 Å². The predicted octanol–water partition coefficient (Wildman–Crippen LogP) is 1.97. The molecule has 4 nitrogen and oxygen atoms in total. The Morgan fingerprint density at radius 2 is 1.85 bits per heavy atom. The molecule has 0 aromatic rings. The Bertz CT molecular complexity index is 146. The smallest absolute Gasteiger partial charge is 0.394 e. The van der Waals surface area contributed by atoms with E-state index in [2.05, 4.69) is 0 Å². The summed E-state index contributed by atoms with van der Waals surface area (Å²) in [6.07, 6.45) is 0. The maximum Gasteiger partial charge on any atom is 0.521 e. The van der Waals surface area contributed by atoms with Crippen LogP contribution in [0.15, 0.2) is 0 Å². The number of hydrogen-bond acceptors (Lipinski definition) is 4. The summed E-state index contributed by atoms with van der Waals surface area (Å²) in [7, 11) is -3.24.